The quantitative estimate of drug-likeness (QED) is 0.446. The normalized spacial score (nSPS) is 19.9. The Kier molecular flexibility index (Phi) is 5.02. The molecule has 5 nitrogen and oxygen atoms in total. The Balaban J connectivity index is 1.40. The minimum absolute atomic E-state index is 0.246. The van der Waals surface area contributed by atoms with E-state index in [-0.39, 0.29) is 4.59 Å². The Morgan fingerprint density at radius 1 is 0.882 bits per heavy atom. The SMILES string of the molecule is C1=CC(C2=C3C=NC=C[N+]3(Nc3ccccc3)C(c3cccc(OCc4ccccc4)c3)=N2)=C1. The third-order valence-corrected chi connectivity index (χ3v) is 5.99. The molecule has 0 fully saturated rings. The van der Waals surface area contributed by atoms with Crippen LogP contribution < -0.4 is 10.2 Å². The fourth-order valence-electron chi connectivity index (χ4n) is 4.24. The highest BCUT2D eigenvalue weighted by molar-refractivity contribution is 6.02. The van der Waals surface area contributed by atoms with Gasteiger partial charge in [0.2, 0.25) is 5.70 Å². The first kappa shape index (κ1) is 20.1. The van der Waals surface area contributed by atoms with E-state index in [1.165, 1.54) is 0 Å². The Morgan fingerprint density at radius 3 is 2.44 bits per heavy atom. The van der Waals surface area contributed by atoms with E-state index in [9.17, 15) is 0 Å². The zero-order chi connectivity index (χ0) is 22.8. The number of nitrogens with zero attached hydrogens (tertiary/aromatic N) is 3. The van der Waals surface area contributed by atoms with Crippen molar-refractivity contribution in [2.45, 2.75) is 6.61 Å². The van der Waals surface area contributed by atoms with Crippen LogP contribution in [0.5, 0.6) is 5.75 Å². The summed E-state index contributed by atoms with van der Waals surface area (Å²) in [6.07, 6.45) is 11.9. The second-order valence-corrected chi connectivity index (χ2v) is 8.23. The number of amidine groups is 1. The fourth-order valence-corrected chi connectivity index (χ4v) is 4.24. The number of rotatable bonds is 7. The molecule has 1 aliphatic carbocycles. The number of quaternary nitrogens is 1. The summed E-state index contributed by atoms with van der Waals surface area (Å²) in [4.78, 5) is 9.58. The zero-order valence-electron chi connectivity index (χ0n) is 18.5. The molecule has 0 saturated heterocycles. The van der Waals surface area contributed by atoms with Crippen molar-refractivity contribution in [2.24, 2.45) is 9.98 Å². The van der Waals surface area contributed by atoms with Crippen LogP contribution in [-0.2, 0) is 6.61 Å². The molecular formula is C29H23N4O+. The minimum atomic E-state index is 0.246. The lowest BCUT2D eigenvalue weighted by molar-refractivity contribution is -0.712. The topological polar surface area (TPSA) is 46.0 Å². The number of anilines is 1. The Bertz CT molecular complexity index is 1410. The molecule has 1 N–H and O–H groups in total. The molecule has 6 rings (SSSR count). The van der Waals surface area contributed by atoms with Gasteiger partial charge in [0.05, 0.1) is 23.7 Å². The summed E-state index contributed by atoms with van der Waals surface area (Å²) in [5.74, 6) is 1.66. The van der Waals surface area contributed by atoms with Crippen LogP contribution in [0.2, 0.25) is 0 Å². The van der Waals surface area contributed by atoms with Crippen LogP contribution in [0.25, 0.3) is 0 Å². The van der Waals surface area contributed by atoms with E-state index in [0.717, 1.165) is 45.4 Å². The molecule has 164 valence electrons. The van der Waals surface area contributed by atoms with E-state index < -0.39 is 0 Å². The van der Waals surface area contributed by atoms with E-state index in [0.29, 0.717) is 6.61 Å². The van der Waals surface area contributed by atoms with Crippen molar-refractivity contribution in [3.05, 3.63) is 144 Å². The molecule has 0 saturated carbocycles. The molecule has 0 aromatic heterocycles. The van der Waals surface area contributed by atoms with Crippen molar-refractivity contribution in [1.29, 1.82) is 0 Å². The highest BCUT2D eigenvalue weighted by Crippen LogP contribution is 2.39. The molecule has 3 aromatic rings. The molecule has 2 aliphatic heterocycles. The Labute approximate surface area is 198 Å². The Hall–Kier alpha value is -4.48. The van der Waals surface area contributed by atoms with Crippen molar-refractivity contribution >= 4 is 17.7 Å². The molecule has 3 aliphatic rings. The Morgan fingerprint density at radius 2 is 1.68 bits per heavy atom. The van der Waals surface area contributed by atoms with Crippen molar-refractivity contribution in [2.75, 3.05) is 5.43 Å². The van der Waals surface area contributed by atoms with Gasteiger partial charge in [-0.1, -0.05) is 72.8 Å². The van der Waals surface area contributed by atoms with Gasteiger partial charge in [-0.3, -0.25) is 4.99 Å². The maximum Gasteiger partial charge on any atom is 0.270 e. The van der Waals surface area contributed by atoms with Crippen molar-refractivity contribution in [3.63, 3.8) is 0 Å². The zero-order valence-corrected chi connectivity index (χ0v) is 18.5. The minimum Gasteiger partial charge on any atom is -0.489 e. The maximum absolute atomic E-state index is 6.12. The molecule has 0 radical (unpaired) electrons. The number of hydrogen-bond acceptors (Lipinski definition) is 4. The molecule has 0 amide bonds. The predicted molar refractivity (Wildman–Crippen MR) is 136 cm³/mol. The van der Waals surface area contributed by atoms with Gasteiger partial charge >= 0.3 is 0 Å². The van der Waals surface area contributed by atoms with Crippen molar-refractivity contribution in [1.82, 2.24) is 0 Å². The summed E-state index contributed by atoms with van der Waals surface area (Å²) in [7, 11) is 0. The number of ether oxygens (including phenoxy) is 1. The van der Waals surface area contributed by atoms with E-state index in [1.54, 1.807) is 0 Å². The van der Waals surface area contributed by atoms with Crippen LogP contribution in [0.15, 0.2) is 143 Å². The fraction of sp³-hybridized carbons (Fsp3) is 0.0345. The molecule has 3 aromatic carbocycles. The van der Waals surface area contributed by atoms with Gasteiger partial charge in [-0.25, -0.2) is 5.43 Å². The second-order valence-electron chi connectivity index (χ2n) is 8.23. The van der Waals surface area contributed by atoms with Gasteiger partial charge in [0.25, 0.3) is 5.84 Å². The molecular weight excluding hydrogens is 420 g/mol. The maximum atomic E-state index is 6.12. The molecule has 0 spiro atoms. The number of hydrogen-bond donors (Lipinski definition) is 1. The lowest BCUT2D eigenvalue weighted by Gasteiger charge is -2.33. The summed E-state index contributed by atoms with van der Waals surface area (Å²) >= 11 is 0. The van der Waals surface area contributed by atoms with Gasteiger partial charge in [0.15, 0.2) is 6.20 Å². The first-order chi connectivity index (χ1) is 16.8. The van der Waals surface area contributed by atoms with E-state index in [4.69, 9.17) is 9.73 Å². The number of fused-ring (bicyclic) bond motifs is 1. The number of aliphatic imine (C=N–C) groups is 2. The molecule has 5 heteroatoms. The van der Waals surface area contributed by atoms with Crippen LogP contribution in [0.1, 0.15) is 11.1 Å². The van der Waals surface area contributed by atoms with E-state index >= 15 is 0 Å². The largest absolute Gasteiger partial charge is 0.489 e. The average molecular weight is 444 g/mol. The number of para-hydroxylation sites is 1. The third-order valence-electron chi connectivity index (χ3n) is 5.99. The molecule has 34 heavy (non-hydrogen) atoms. The predicted octanol–water partition coefficient (Wildman–Crippen LogP) is 6.13. The van der Waals surface area contributed by atoms with Crippen LogP contribution in [0.3, 0.4) is 0 Å². The van der Waals surface area contributed by atoms with Crippen molar-refractivity contribution in [3.8, 4) is 5.75 Å². The highest BCUT2D eigenvalue weighted by atomic mass is 16.5. The van der Waals surface area contributed by atoms with Gasteiger partial charge in [0, 0.05) is 5.57 Å². The van der Waals surface area contributed by atoms with Crippen LogP contribution in [0, 0.1) is 0 Å². The summed E-state index contributed by atoms with van der Waals surface area (Å²) in [5.41, 5.74) is 9.79. The van der Waals surface area contributed by atoms with Gasteiger partial charge in [-0.2, -0.15) is 4.99 Å². The number of benzene rings is 3. The first-order valence-corrected chi connectivity index (χ1v) is 11.2. The standard InChI is InChI=1S/C29H23N4O/c1-3-9-22(10-4-1)21-34-26-16-8-13-24(19-26)29-31-28(23-11-7-12-23)27-20-30-17-18-33(27,29)32-25-14-5-2-6-15-25/h1-20,32H,21H2/q+1. The molecule has 2 heterocycles. The smallest absolute Gasteiger partial charge is 0.270 e. The number of nitrogens with one attached hydrogen (secondary N) is 1. The average Bonchev–Trinajstić information content (AvgIpc) is 3.17. The van der Waals surface area contributed by atoms with Crippen LogP contribution in [-0.4, -0.2) is 16.6 Å². The lowest BCUT2D eigenvalue weighted by atomic mass is 10.0. The van der Waals surface area contributed by atoms with Crippen molar-refractivity contribution < 1.29 is 9.33 Å². The number of allylic oxidation sites excluding steroid dienone is 4. The third kappa shape index (κ3) is 3.58. The second kappa shape index (κ2) is 8.46. The summed E-state index contributed by atoms with van der Waals surface area (Å²) in [5, 5.41) is 0. The molecule has 0 bridgehead atoms. The van der Waals surface area contributed by atoms with Gasteiger partial charge < -0.3 is 4.74 Å². The van der Waals surface area contributed by atoms with Gasteiger partial charge in [-0.05, 0) is 35.9 Å². The lowest BCUT2D eigenvalue weighted by Crippen LogP contribution is -2.51. The first-order valence-electron chi connectivity index (χ1n) is 11.2. The van der Waals surface area contributed by atoms with E-state index in [1.807, 2.05) is 73.2 Å². The van der Waals surface area contributed by atoms with E-state index in [2.05, 4.69) is 59.0 Å². The monoisotopic (exact) mass is 443 g/mol. The highest BCUT2D eigenvalue weighted by Gasteiger charge is 2.48. The van der Waals surface area contributed by atoms with Gasteiger partial charge in [-0.15, -0.1) is 4.59 Å². The van der Waals surface area contributed by atoms with Gasteiger partial charge in [0.1, 0.15) is 18.1 Å². The summed E-state index contributed by atoms with van der Waals surface area (Å²) < 4.78 is 6.37. The van der Waals surface area contributed by atoms with Crippen LogP contribution >= 0.6 is 0 Å². The molecule has 1 unspecified atom stereocenters. The molecule has 1 atom stereocenters. The van der Waals surface area contributed by atoms with Crippen LogP contribution in [0.4, 0.5) is 5.69 Å². The summed E-state index contributed by atoms with van der Waals surface area (Å²) in [6, 6.07) is 28.5. The summed E-state index contributed by atoms with van der Waals surface area (Å²) in [6.45, 7) is 0.512.